The smallest absolute Gasteiger partial charge is 0.274 e. The van der Waals surface area contributed by atoms with Gasteiger partial charge >= 0.3 is 0 Å². The summed E-state index contributed by atoms with van der Waals surface area (Å²) in [6.45, 7) is 10.1. The van der Waals surface area contributed by atoms with Gasteiger partial charge in [-0.2, -0.15) is 0 Å². The van der Waals surface area contributed by atoms with Gasteiger partial charge in [-0.05, 0) is 46.8 Å². The highest BCUT2D eigenvalue weighted by atomic mass is 32.2. The third-order valence-electron chi connectivity index (χ3n) is 2.09. The van der Waals surface area contributed by atoms with Gasteiger partial charge < -0.3 is 9.73 Å². The van der Waals surface area contributed by atoms with Crippen LogP contribution in [0.1, 0.15) is 40.4 Å². The van der Waals surface area contributed by atoms with Crippen molar-refractivity contribution in [2.75, 3.05) is 0 Å². The van der Waals surface area contributed by atoms with Crippen molar-refractivity contribution in [1.29, 1.82) is 0 Å². The van der Waals surface area contributed by atoms with Crippen molar-refractivity contribution < 1.29 is 12.8 Å². The molecule has 0 aliphatic rings. The van der Waals surface area contributed by atoms with E-state index in [4.69, 9.17) is 4.42 Å². The SMILES string of the molecule is CC(C)NS(=O)(=O)c1ccc(CNC(C)(C)C)o1. The average Bonchev–Trinajstić information content (AvgIpc) is 2.60. The van der Waals surface area contributed by atoms with Gasteiger partial charge in [0.2, 0.25) is 5.09 Å². The first-order valence-corrected chi connectivity index (χ1v) is 7.44. The largest absolute Gasteiger partial charge is 0.447 e. The second-order valence-electron chi connectivity index (χ2n) is 5.60. The zero-order valence-corrected chi connectivity index (χ0v) is 12.4. The van der Waals surface area contributed by atoms with Crippen molar-refractivity contribution in [1.82, 2.24) is 10.0 Å². The molecule has 0 aliphatic heterocycles. The number of hydrogen-bond acceptors (Lipinski definition) is 4. The second kappa shape index (κ2) is 5.42. The van der Waals surface area contributed by atoms with Crippen molar-refractivity contribution in [2.24, 2.45) is 0 Å². The maximum absolute atomic E-state index is 11.8. The van der Waals surface area contributed by atoms with Crippen molar-refractivity contribution in [2.45, 2.75) is 57.8 Å². The van der Waals surface area contributed by atoms with Crippen LogP contribution in [0.3, 0.4) is 0 Å². The van der Waals surface area contributed by atoms with Gasteiger partial charge in [0.15, 0.2) is 0 Å². The van der Waals surface area contributed by atoms with E-state index in [1.54, 1.807) is 19.9 Å². The molecular formula is C12H22N2O3S. The normalized spacial score (nSPS) is 13.2. The Bertz CT molecular complexity index is 484. The van der Waals surface area contributed by atoms with Crippen LogP contribution in [0.15, 0.2) is 21.6 Å². The van der Waals surface area contributed by atoms with Gasteiger partial charge in [0, 0.05) is 11.6 Å². The number of sulfonamides is 1. The summed E-state index contributed by atoms with van der Waals surface area (Å²) in [5.41, 5.74) is -0.0397. The molecule has 0 aliphatic carbocycles. The topological polar surface area (TPSA) is 71.3 Å². The van der Waals surface area contributed by atoms with Gasteiger partial charge in [0.05, 0.1) is 6.54 Å². The lowest BCUT2D eigenvalue weighted by molar-refractivity contribution is 0.358. The highest BCUT2D eigenvalue weighted by molar-refractivity contribution is 7.89. The molecule has 18 heavy (non-hydrogen) atoms. The Morgan fingerprint density at radius 1 is 1.28 bits per heavy atom. The summed E-state index contributed by atoms with van der Waals surface area (Å²) in [5, 5.41) is 3.19. The summed E-state index contributed by atoms with van der Waals surface area (Å²) in [7, 11) is -3.54. The lowest BCUT2D eigenvalue weighted by atomic mass is 10.1. The highest BCUT2D eigenvalue weighted by Gasteiger charge is 2.20. The van der Waals surface area contributed by atoms with Crippen LogP contribution in [0.2, 0.25) is 0 Å². The van der Waals surface area contributed by atoms with Gasteiger partial charge in [-0.25, -0.2) is 13.1 Å². The summed E-state index contributed by atoms with van der Waals surface area (Å²) in [5.74, 6) is 0.606. The van der Waals surface area contributed by atoms with E-state index in [0.29, 0.717) is 12.3 Å². The molecular weight excluding hydrogens is 252 g/mol. The summed E-state index contributed by atoms with van der Waals surface area (Å²) < 4.78 is 31.5. The van der Waals surface area contributed by atoms with E-state index in [1.165, 1.54) is 6.07 Å². The predicted octanol–water partition coefficient (Wildman–Crippen LogP) is 1.85. The first-order valence-electron chi connectivity index (χ1n) is 5.96. The molecule has 2 N–H and O–H groups in total. The van der Waals surface area contributed by atoms with E-state index in [2.05, 4.69) is 10.0 Å². The standard InChI is InChI=1S/C12H22N2O3S/c1-9(2)14-18(15,16)11-7-6-10(17-11)8-13-12(3,4)5/h6-7,9,13-14H,8H2,1-5H3. The summed E-state index contributed by atoms with van der Waals surface area (Å²) in [4.78, 5) is 0. The Labute approximate surface area is 109 Å². The Kier molecular flexibility index (Phi) is 4.58. The molecule has 5 nitrogen and oxygen atoms in total. The number of furan rings is 1. The molecule has 0 saturated carbocycles. The Balaban J connectivity index is 2.75. The Morgan fingerprint density at radius 3 is 2.39 bits per heavy atom. The lowest BCUT2D eigenvalue weighted by Gasteiger charge is -2.19. The number of rotatable bonds is 5. The third-order valence-corrected chi connectivity index (χ3v) is 3.62. The predicted molar refractivity (Wildman–Crippen MR) is 70.8 cm³/mol. The molecule has 1 rings (SSSR count). The molecule has 0 unspecified atom stereocenters. The molecule has 104 valence electrons. The van der Waals surface area contributed by atoms with Crippen molar-refractivity contribution in [3.8, 4) is 0 Å². The maximum atomic E-state index is 11.8. The Hall–Kier alpha value is -0.850. The molecule has 0 aromatic carbocycles. The molecule has 0 amide bonds. The van der Waals surface area contributed by atoms with E-state index in [0.717, 1.165) is 0 Å². The fraction of sp³-hybridized carbons (Fsp3) is 0.667. The van der Waals surface area contributed by atoms with Gasteiger partial charge in [-0.3, -0.25) is 0 Å². The minimum Gasteiger partial charge on any atom is -0.447 e. The molecule has 0 saturated heterocycles. The van der Waals surface area contributed by atoms with Crippen LogP contribution in [0, 0.1) is 0 Å². The fourth-order valence-corrected chi connectivity index (χ4v) is 2.52. The Morgan fingerprint density at radius 2 is 1.89 bits per heavy atom. The molecule has 0 bridgehead atoms. The number of hydrogen-bond donors (Lipinski definition) is 2. The van der Waals surface area contributed by atoms with E-state index in [-0.39, 0.29) is 16.7 Å². The van der Waals surface area contributed by atoms with Gasteiger partial charge in [0.25, 0.3) is 10.0 Å². The third kappa shape index (κ3) is 4.80. The van der Waals surface area contributed by atoms with Crippen LogP contribution in [-0.2, 0) is 16.6 Å². The quantitative estimate of drug-likeness (QED) is 0.859. The van der Waals surface area contributed by atoms with Crippen molar-refractivity contribution in [3.05, 3.63) is 17.9 Å². The van der Waals surface area contributed by atoms with Gasteiger partial charge in [-0.1, -0.05) is 0 Å². The van der Waals surface area contributed by atoms with Crippen LogP contribution in [0.5, 0.6) is 0 Å². The van der Waals surface area contributed by atoms with Crippen molar-refractivity contribution in [3.63, 3.8) is 0 Å². The van der Waals surface area contributed by atoms with Crippen molar-refractivity contribution >= 4 is 10.0 Å². The molecule has 1 aromatic heterocycles. The monoisotopic (exact) mass is 274 g/mol. The first kappa shape index (κ1) is 15.2. The van der Waals surface area contributed by atoms with E-state index >= 15 is 0 Å². The van der Waals surface area contributed by atoms with Crippen LogP contribution < -0.4 is 10.0 Å². The van der Waals surface area contributed by atoms with Crippen LogP contribution >= 0.6 is 0 Å². The number of nitrogens with one attached hydrogen (secondary N) is 2. The molecule has 0 fully saturated rings. The summed E-state index contributed by atoms with van der Waals surface area (Å²) in [6, 6.07) is 2.99. The summed E-state index contributed by atoms with van der Waals surface area (Å²) in [6.07, 6.45) is 0. The molecule has 1 aromatic rings. The highest BCUT2D eigenvalue weighted by Crippen LogP contribution is 2.15. The molecule has 0 spiro atoms. The summed E-state index contributed by atoms with van der Waals surface area (Å²) >= 11 is 0. The zero-order valence-electron chi connectivity index (χ0n) is 11.6. The molecule has 0 atom stereocenters. The van der Waals surface area contributed by atoms with Crippen LogP contribution in [0.25, 0.3) is 0 Å². The first-order chi connectivity index (χ1) is 8.10. The maximum Gasteiger partial charge on any atom is 0.274 e. The molecule has 1 heterocycles. The minimum atomic E-state index is -3.54. The minimum absolute atomic E-state index is 0.0397. The molecule has 6 heteroatoms. The van der Waals surface area contributed by atoms with E-state index < -0.39 is 10.0 Å². The zero-order chi connectivity index (χ0) is 14.0. The van der Waals surface area contributed by atoms with Gasteiger partial charge in [0.1, 0.15) is 5.76 Å². The van der Waals surface area contributed by atoms with E-state index in [1.807, 2.05) is 20.8 Å². The van der Waals surface area contributed by atoms with Crippen LogP contribution in [0.4, 0.5) is 0 Å². The second-order valence-corrected chi connectivity index (χ2v) is 7.25. The molecule has 0 radical (unpaired) electrons. The van der Waals surface area contributed by atoms with Gasteiger partial charge in [-0.15, -0.1) is 0 Å². The fourth-order valence-electron chi connectivity index (χ4n) is 1.32. The van der Waals surface area contributed by atoms with Crippen LogP contribution in [-0.4, -0.2) is 20.0 Å². The lowest BCUT2D eigenvalue weighted by Crippen LogP contribution is -2.34. The van der Waals surface area contributed by atoms with E-state index in [9.17, 15) is 8.42 Å². The average molecular weight is 274 g/mol.